The number of carbonyl (C=O) groups excluding carboxylic acids is 1. The third-order valence-electron chi connectivity index (χ3n) is 4.80. The summed E-state index contributed by atoms with van der Waals surface area (Å²) in [5.74, 6) is 0.208. The summed E-state index contributed by atoms with van der Waals surface area (Å²) >= 11 is 0. The predicted molar refractivity (Wildman–Crippen MR) is 113 cm³/mol. The molecule has 0 spiro atoms. The molecule has 4 aromatic rings. The molecule has 0 fully saturated rings. The topological polar surface area (TPSA) is 88.4 Å². The van der Waals surface area contributed by atoms with Gasteiger partial charge in [0.2, 0.25) is 0 Å². The van der Waals surface area contributed by atoms with Crippen molar-refractivity contribution in [3.63, 3.8) is 0 Å². The number of halogens is 1. The number of benzene rings is 2. The van der Waals surface area contributed by atoms with E-state index < -0.39 is 0 Å². The van der Waals surface area contributed by atoms with Gasteiger partial charge in [0.05, 0.1) is 24.1 Å². The molecule has 0 atom stereocenters. The Bertz CT molecular complexity index is 1260. The SMILES string of the molecule is COCCN(Cc1nc2ccccc2c(=O)[nH]1)C(=O)c1ccc(-c2ccc(F)cc2)o1. The van der Waals surface area contributed by atoms with Crippen LogP contribution in [-0.2, 0) is 11.3 Å². The zero-order valence-corrected chi connectivity index (χ0v) is 16.8. The first-order valence-corrected chi connectivity index (χ1v) is 9.67. The molecule has 0 unspecified atom stereocenters. The zero-order chi connectivity index (χ0) is 21.8. The van der Waals surface area contributed by atoms with Crippen molar-refractivity contribution in [2.24, 2.45) is 0 Å². The van der Waals surface area contributed by atoms with Gasteiger partial charge in [0, 0.05) is 19.2 Å². The molecule has 0 aliphatic rings. The lowest BCUT2D eigenvalue weighted by Gasteiger charge is -2.20. The molecule has 7 nitrogen and oxygen atoms in total. The van der Waals surface area contributed by atoms with E-state index in [0.717, 1.165) is 0 Å². The largest absolute Gasteiger partial charge is 0.451 e. The van der Waals surface area contributed by atoms with Crippen molar-refractivity contribution >= 4 is 16.8 Å². The zero-order valence-electron chi connectivity index (χ0n) is 16.8. The number of H-pyrrole nitrogens is 1. The van der Waals surface area contributed by atoms with Crippen LogP contribution >= 0.6 is 0 Å². The minimum absolute atomic E-state index is 0.0782. The van der Waals surface area contributed by atoms with E-state index in [9.17, 15) is 14.0 Å². The van der Waals surface area contributed by atoms with Gasteiger partial charge in [0.25, 0.3) is 11.5 Å². The number of methoxy groups -OCH3 is 1. The first kappa shape index (κ1) is 20.5. The summed E-state index contributed by atoms with van der Waals surface area (Å²) < 4.78 is 24.0. The average molecular weight is 421 g/mol. The van der Waals surface area contributed by atoms with Crippen LogP contribution in [0.25, 0.3) is 22.2 Å². The van der Waals surface area contributed by atoms with Gasteiger partial charge in [-0.3, -0.25) is 9.59 Å². The van der Waals surface area contributed by atoms with Crippen molar-refractivity contribution in [2.75, 3.05) is 20.3 Å². The summed E-state index contributed by atoms with van der Waals surface area (Å²) in [6.45, 7) is 0.655. The fourth-order valence-electron chi connectivity index (χ4n) is 3.22. The third kappa shape index (κ3) is 4.54. The van der Waals surface area contributed by atoms with Gasteiger partial charge in [-0.25, -0.2) is 9.37 Å². The van der Waals surface area contributed by atoms with Crippen LogP contribution in [0.3, 0.4) is 0 Å². The van der Waals surface area contributed by atoms with Gasteiger partial charge in [0.15, 0.2) is 5.76 Å². The molecular formula is C23H20FN3O4. The maximum Gasteiger partial charge on any atom is 0.290 e. The van der Waals surface area contributed by atoms with Crippen LogP contribution in [-0.4, -0.2) is 41.0 Å². The lowest BCUT2D eigenvalue weighted by Crippen LogP contribution is -2.34. The lowest BCUT2D eigenvalue weighted by atomic mass is 10.2. The molecule has 31 heavy (non-hydrogen) atoms. The fourth-order valence-corrected chi connectivity index (χ4v) is 3.22. The molecule has 2 heterocycles. The van der Waals surface area contributed by atoms with Crippen LogP contribution in [0.4, 0.5) is 4.39 Å². The van der Waals surface area contributed by atoms with Gasteiger partial charge in [-0.1, -0.05) is 12.1 Å². The Labute approximate surface area is 177 Å². The highest BCUT2D eigenvalue weighted by Gasteiger charge is 2.21. The Morgan fingerprint density at radius 3 is 2.68 bits per heavy atom. The van der Waals surface area contributed by atoms with Gasteiger partial charge in [-0.05, 0) is 48.5 Å². The number of nitrogens with zero attached hydrogens (tertiary/aromatic N) is 2. The van der Waals surface area contributed by atoms with Crippen molar-refractivity contribution in [3.8, 4) is 11.3 Å². The normalized spacial score (nSPS) is 11.0. The number of furan rings is 1. The Morgan fingerprint density at radius 2 is 1.90 bits per heavy atom. The quantitative estimate of drug-likeness (QED) is 0.493. The molecule has 0 aliphatic carbocycles. The molecule has 0 saturated carbocycles. The second-order valence-corrected chi connectivity index (χ2v) is 6.92. The number of carbonyl (C=O) groups is 1. The number of fused-ring (bicyclic) bond motifs is 1. The second-order valence-electron chi connectivity index (χ2n) is 6.92. The van der Waals surface area contributed by atoms with Crippen LogP contribution in [0.5, 0.6) is 0 Å². The predicted octanol–water partition coefficient (Wildman–Crippen LogP) is 3.61. The number of ether oxygens (including phenoxy) is 1. The van der Waals surface area contributed by atoms with E-state index in [1.54, 1.807) is 55.6 Å². The lowest BCUT2D eigenvalue weighted by molar-refractivity contribution is 0.0645. The Hall–Kier alpha value is -3.78. The molecule has 4 rings (SSSR count). The molecule has 0 bridgehead atoms. The van der Waals surface area contributed by atoms with Crippen molar-refractivity contribution in [2.45, 2.75) is 6.54 Å². The minimum atomic E-state index is -0.374. The summed E-state index contributed by atoms with van der Waals surface area (Å²) in [7, 11) is 1.54. The summed E-state index contributed by atoms with van der Waals surface area (Å²) in [4.78, 5) is 34.1. The van der Waals surface area contributed by atoms with Gasteiger partial charge < -0.3 is 19.0 Å². The molecule has 2 aromatic carbocycles. The van der Waals surface area contributed by atoms with E-state index in [4.69, 9.17) is 9.15 Å². The van der Waals surface area contributed by atoms with Gasteiger partial charge in [0.1, 0.15) is 17.4 Å². The number of amides is 1. The third-order valence-corrected chi connectivity index (χ3v) is 4.80. The summed E-state index contributed by atoms with van der Waals surface area (Å²) in [5.41, 5.74) is 0.942. The van der Waals surface area contributed by atoms with Gasteiger partial charge in [-0.15, -0.1) is 0 Å². The monoisotopic (exact) mass is 421 g/mol. The number of aromatic amines is 1. The van der Waals surface area contributed by atoms with Crippen LogP contribution in [0.2, 0.25) is 0 Å². The second kappa shape index (κ2) is 8.93. The van der Waals surface area contributed by atoms with E-state index in [1.807, 2.05) is 0 Å². The summed E-state index contributed by atoms with van der Waals surface area (Å²) in [5, 5.41) is 0.482. The Morgan fingerprint density at radius 1 is 1.13 bits per heavy atom. The first-order chi connectivity index (χ1) is 15.0. The van der Waals surface area contributed by atoms with Crippen molar-refractivity contribution in [3.05, 3.63) is 88.4 Å². The average Bonchev–Trinajstić information content (AvgIpc) is 3.27. The molecule has 0 radical (unpaired) electrons. The van der Waals surface area contributed by atoms with Gasteiger partial charge >= 0.3 is 0 Å². The van der Waals surface area contributed by atoms with Gasteiger partial charge in [-0.2, -0.15) is 0 Å². The van der Waals surface area contributed by atoms with Crippen LogP contribution in [0.1, 0.15) is 16.4 Å². The van der Waals surface area contributed by atoms with Crippen molar-refractivity contribution in [1.82, 2.24) is 14.9 Å². The van der Waals surface area contributed by atoms with E-state index in [0.29, 0.717) is 34.7 Å². The highest BCUT2D eigenvalue weighted by molar-refractivity contribution is 5.92. The van der Waals surface area contributed by atoms with Crippen molar-refractivity contribution in [1.29, 1.82) is 0 Å². The maximum absolute atomic E-state index is 13.2. The Kier molecular flexibility index (Phi) is 5.90. The number of nitrogens with one attached hydrogen (secondary N) is 1. The van der Waals surface area contributed by atoms with Crippen LogP contribution in [0.15, 0.2) is 69.9 Å². The Balaban J connectivity index is 1.60. The number of para-hydroxylation sites is 1. The van der Waals surface area contributed by atoms with Crippen LogP contribution in [0, 0.1) is 5.82 Å². The number of hydrogen-bond donors (Lipinski definition) is 1. The molecule has 0 aliphatic heterocycles. The van der Waals surface area contributed by atoms with E-state index in [2.05, 4.69) is 9.97 Å². The highest BCUT2D eigenvalue weighted by atomic mass is 19.1. The summed E-state index contributed by atoms with van der Waals surface area (Å²) in [6, 6.07) is 16.0. The van der Waals surface area contributed by atoms with Crippen LogP contribution < -0.4 is 5.56 Å². The number of hydrogen-bond acceptors (Lipinski definition) is 5. The summed E-state index contributed by atoms with van der Waals surface area (Å²) in [6.07, 6.45) is 0. The maximum atomic E-state index is 13.2. The smallest absolute Gasteiger partial charge is 0.290 e. The minimum Gasteiger partial charge on any atom is -0.451 e. The number of aromatic nitrogens is 2. The standard InChI is InChI=1S/C23H20FN3O4/c1-30-13-12-27(14-21-25-18-5-3-2-4-17(18)22(28)26-21)23(29)20-11-10-19(31-20)15-6-8-16(24)9-7-15/h2-11H,12-14H2,1H3,(H,25,26,28). The molecule has 0 saturated heterocycles. The van der Waals surface area contributed by atoms with E-state index >= 15 is 0 Å². The molecular weight excluding hydrogens is 401 g/mol. The van der Waals surface area contributed by atoms with E-state index in [-0.39, 0.29) is 36.1 Å². The molecule has 2 aromatic heterocycles. The highest BCUT2D eigenvalue weighted by Crippen LogP contribution is 2.23. The van der Waals surface area contributed by atoms with Crippen molar-refractivity contribution < 1.29 is 18.3 Å². The molecule has 8 heteroatoms. The first-order valence-electron chi connectivity index (χ1n) is 9.67. The number of rotatable bonds is 7. The molecule has 158 valence electrons. The molecule has 1 amide bonds. The molecule has 1 N–H and O–H groups in total. The fraction of sp³-hybridized carbons (Fsp3) is 0.174. The van der Waals surface area contributed by atoms with E-state index in [1.165, 1.54) is 17.0 Å².